The summed E-state index contributed by atoms with van der Waals surface area (Å²) in [7, 11) is 0. The number of ether oxygens (including phenoxy) is 1. The van der Waals surface area contributed by atoms with Crippen LogP contribution in [0.5, 0.6) is 5.88 Å². The van der Waals surface area contributed by atoms with Crippen LogP contribution in [0.25, 0.3) is 0 Å². The number of hydrogen-bond acceptors (Lipinski definition) is 3. The number of aromatic nitrogens is 1. The van der Waals surface area contributed by atoms with Gasteiger partial charge in [0, 0.05) is 28.4 Å². The summed E-state index contributed by atoms with van der Waals surface area (Å²) < 4.78 is 41.7. The molecule has 1 amide bonds. The fraction of sp³-hybridized carbons (Fsp3) is 0.176. The van der Waals surface area contributed by atoms with Crippen molar-refractivity contribution in [2.45, 2.75) is 19.1 Å². The Balaban J connectivity index is 1.97. The number of halogens is 4. The Bertz CT molecular complexity index is 811. The summed E-state index contributed by atoms with van der Waals surface area (Å²) in [6.07, 6.45) is -4.45. The number of alkyl halides is 3. The predicted molar refractivity (Wildman–Crippen MR) is 86.3 cm³/mol. The summed E-state index contributed by atoms with van der Waals surface area (Å²) in [5.74, 6) is 5.59. The molecule has 1 aromatic heterocycles. The van der Waals surface area contributed by atoms with E-state index in [1.54, 1.807) is 29.6 Å². The van der Waals surface area contributed by atoms with Crippen molar-refractivity contribution < 1.29 is 22.7 Å². The monoisotopic (exact) mass is 368 g/mol. The van der Waals surface area contributed by atoms with Gasteiger partial charge in [-0.1, -0.05) is 29.5 Å². The SMILES string of the molecule is CC(NC(=O)Oc1ccc(C#Cc2cccc(Cl)c2)cn1)C(F)(F)F. The third-order valence-corrected chi connectivity index (χ3v) is 3.17. The molecule has 25 heavy (non-hydrogen) atoms. The van der Waals surface area contributed by atoms with Gasteiger partial charge >= 0.3 is 12.3 Å². The van der Waals surface area contributed by atoms with E-state index in [1.165, 1.54) is 18.3 Å². The number of nitrogens with zero attached hydrogens (tertiary/aromatic N) is 1. The molecule has 1 atom stereocenters. The fourth-order valence-electron chi connectivity index (χ4n) is 1.61. The molecule has 1 heterocycles. The quantitative estimate of drug-likeness (QED) is 0.809. The second kappa shape index (κ2) is 7.90. The minimum absolute atomic E-state index is 0.139. The number of rotatable bonds is 2. The van der Waals surface area contributed by atoms with Crippen LogP contribution in [-0.2, 0) is 0 Å². The molecule has 0 aliphatic carbocycles. The van der Waals surface area contributed by atoms with Crippen molar-refractivity contribution in [1.29, 1.82) is 0 Å². The maximum Gasteiger partial charge on any atom is 0.414 e. The van der Waals surface area contributed by atoms with Gasteiger partial charge in [0.2, 0.25) is 5.88 Å². The molecule has 1 aromatic carbocycles. The Morgan fingerprint density at radius 3 is 2.56 bits per heavy atom. The molecule has 8 heteroatoms. The average Bonchev–Trinajstić information content (AvgIpc) is 2.53. The van der Waals surface area contributed by atoms with Gasteiger partial charge in [-0.2, -0.15) is 13.2 Å². The van der Waals surface area contributed by atoms with E-state index in [0.717, 1.165) is 6.92 Å². The van der Waals surface area contributed by atoms with Crippen molar-refractivity contribution in [3.63, 3.8) is 0 Å². The highest BCUT2D eigenvalue weighted by Gasteiger charge is 2.37. The summed E-state index contributed by atoms with van der Waals surface area (Å²) in [5, 5.41) is 2.23. The van der Waals surface area contributed by atoms with Crippen LogP contribution in [0, 0.1) is 11.8 Å². The molecule has 1 unspecified atom stereocenters. The largest absolute Gasteiger partial charge is 0.414 e. The van der Waals surface area contributed by atoms with E-state index in [9.17, 15) is 18.0 Å². The molecular weight excluding hydrogens is 357 g/mol. The zero-order chi connectivity index (χ0) is 18.4. The average molecular weight is 369 g/mol. The van der Waals surface area contributed by atoms with Gasteiger partial charge < -0.3 is 10.1 Å². The lowest BCUT2D eigenvalue weighted by molar-refractivity contribution is -0.149. The second-order valence-corrected chi connectivity index (χ2v) is 5.38. The van der Waals surface area contributed by atoms with E-state index in [-0.39, 0.29) is 5.88 Å². The minimum Gasteiger partial charge on any atom is -0.391 e. The fourth-order valence-corrected chi connectivity index (χ4v) is 1.80. The van der Waals surface area contributed by atoms with Crippen LogP contribution in [-0.4, -0.2) is 23.3 Å². The summed E-state index contributed by atoms with van der Waals surface area (Å²) >= 11 is 5.85. The van der Waals surface area contributed by atoms with E-state index in [1.807, 2.05) is 0 Å². The molecule has 0 saturated heterocycles. The van der Waals surface area contributed by atoms with Gasteiger partial charge in [-0.05, 0) is 31.2 Å². The van der Waals surface area contributed by atoms with Crippen LogP contribution in [0.3, 0.4) is 0 Å². The standard InChI is InChI=1S/C17H12ClF3N2O2/c1-11(17(19,20)21)23-16(24)25-15-8-7-13(10-22-15)6-5-12-3-2-4-14(18)9-12/h2-4,7-11H,1H3,(H,23,24). The molecule has 2 aromatic rings. The van der Waals surface area contributed by atoms with Gasteiger partial charge in [0.1, 0.15) is 6.04 Å². The highest BCUT2D eigenvalue weighted by Crippen LogP contribution is 2.19. The first-order valence-corrected chi connectivity index (χ1v) is 7.40. The highest BCUT2D eigenvalue weighted by molar-refractivity contribution is 6.30. The van der Waals surface area contributed by atoms with Crippen LogP contribution >= 0.6 is 11.6 Å². The summed E-state index contributed by atoms with van der Waals surface area (Å²) in [6.45, 7) is 0.809. The van der Waals surface area contributed by atoms with Gasteiger partial charge in [0.15, 0.2) is 0 Å². The molecule has 0 radical (unpaired) electrons. The number of nitrogens with one attached hydrogen (secondary N) is 1. The molecule has 2 rings (SSSR count). The molecule has 0 saturated carbocycles. The maximum atomic E-state index is 12.3. The van der Waals surface area contributed by atoms with E-state index in [4.69, 9.17) is 11.6 Å². The third-order valence-electron chi connectivity index (χ3n) is 2.93. The predicted octanol–water partition coefficient (Wildman–Crippen LogP) is 4.17. The zero-order valence-corrected chi connectivity index (χ0v) is 13.7. The van der Waals surface area contributed by atoms with Crippen LogP contribution in [0.1, 0.15) is 18.1 Å². The molecule has 0 aliphatic heterocycles. The maximum absolute atomic E-state index is 12.3. The lowest BCUT2D eigenvalue weighted by Gasteiger charge is -2.16. The Hall–Kier alpha value is -2.72. The van der Waals surface area contributed by atoms with E-state index >= 15 is 0 Å². The molecule has 0 bridgehead atoms. The topological polar surface area (TPSA) is 51.2 Å². The summed E-state index contributed by atoms with van der Waals surface area (Å²) in [4.78, 5) is 15.2. The van der Waals surface area contributed by atoms with Crippen LogP contribution < -0.4 is 10.1 Å². The normalized spacial score (nSPS) is 11.9. The molecule has 130 valence electrons. The lowest BCUT2D eigenvalue weighted by atomic mass is 10.2. The molecule has 0 spiro atoms. The van der Waals surface area contributed by atoms with Gasteiger partial charge in [0.25, 0.3) is 0 Å². The first kappa shape index (κ1) is 18.6. The number of amides is 1. The van der Waals surface area contributed by atoms with Crippen molar-refractivity contribution in [3.05, 3.63) is 58.7 Å². The molecule has 4 nitrogen and oxygen atoms in total. The Kier molecular flexibility index (Phi) is 5.88. The summed E-state index contributed by atoms with van der Waals surface area (Å²) in [5.41, 5.74) is 1.25. The van der Waals surface area contributed by atoms with E-state index in [0.29, 0.717) is 16.1 Å². The van der Waals surface area contributed by atoms with E-state index in [2.05, 4.69) is 21.6 Å². The number of pyridine rings is 1. The van der Waals surface area contributed by atoms with Crippen molar-refractivity contribution >= 4 is 17.7 Å². The lowest BCUT2D eigenvalue weighted by Crippen LogP contribution is -2.44. The number of carbonyl (C=O) groups excluding carboxylic acids is 1. The summed E-state index contributed by atoms with van der Waals surface area (Å²) in [6, 6.07) is 7.82. The molecule has 1 N–H and O–H groups in total. The van der Waals surface area contributed by atoms with Crippen molar-refractivity contribution in [3.8, 4) is 17.7 Å². The van der Waals surface area contributed by atoms with E-state index < -0.39 is 18.3 Å². The smallest absolute Gasteiger partial charge is 0.391 e. The first-order valence-electron chi connectivity index (χ1n) is 7.03. The van der Waals surface area contributed by atoms with Crippen molar-refractivity contribution in [2.24, 2.45) is 0 Å². The van der Waals surface area contributed by atoms with Gasteiger partial charge in [-0.25, -0.2) is 9.78 Å². The van der Waals surface area contributed by atoms with Crippen LogP contribution in [0.2, 0.25) is 5.02 Å². The van der Waals surface area contributed by atoms with Crippen molar-refractivity contribution in [1.82, 2.24) is 10.3 Å². The number of hydrogen-bond donors (Lipinski definition) is 1. The Morgan fingerprint density at radius 1 is 1.24 bits per heavy atom. The van der Waals surface area contributed by atoms with Gasteiger partial charge in [0.05, 0.1) is 0 Å². The zero-order valence-electron chi connectivity index (χ0n) is 12.9. The molecular formula is C17H12ClF3N2O2. The van der Waals surface area contributed by atoms with Crippen LogP contribution in [0.15, 0.2) is 42.6 Å². The number of benzene rings is 1. The molecule has 0 fully saturated rings. The highest BCUT2D eigenvalue weighted by atomic mass is 35.5. The van der Waals surface area contributed by atoms with Crippen molar-refractivity contribution in [2.75, 3.05) is 0 Å². The Labute approximate surface area is 147 Å². The first-order chi connectivity index (χ1) is 11.7. The second-order valence-electron chi connectivity index (χ2n) is 4.94. The Morgan fingerprint density at radius 2 is 1.96 bits per heavy atom. The van der Waals surface area contributed by atoms with Crippen LogP contribution in [0.4, 0.5) is 18.0 Å². The number of carbonyl (C=O) groups is 1. The minimum atomic E-state index is -4.55. The van der Waals surface area contributed by atoms with Gasteiger partial charge in [-0.3, -0.25) is 0 Å². The molecule has 0 aliphatic rings. The van der Waals surface area contributed by atoms with Gasteiger partial charge in [-0.15, -0.1) is 0 Å². The third kappa shape index (κ3) is 6.01.